The van der Waals surface area contributed by atoms with E-state index in [2.05, 4.69) is 21.2 Å². The van der Waals surface area contributed by atoms with Gasteiger partial charge in [0.2, 0.25) is 0 Å². The Hall–Kier alpha value is -1.17. The minimum Gasteiger partial charge on any atom is -0.495 e. The Bertz CT molecular complexity index is 615. The number of hydrogen-bond acceptors (Lipinski definition) is 4. The number of rotatable bonds is 6. The number of methoxy groups -OCH3 is 2. The van der Waals surface area contributed by atoms with E-state index >= 15 is 0 Å². The van der Waals surface area contributed by atoms with Gasteiger partial charge in [0.15, 0.2) is 5.22 Å². The third kappa shape index (κ3) is 3.20. The topological polar surface area (TPSA) is 43.6 Å². The van der Waals surface area contributed by atoms with E-state index in [0.717, 1.165) is 22.1 Å². The maximum Gasteiger partial charge on any atom is 0.198 e. The lowest BCUT2D eigenvalue weighted by Crippen LogP contribution is -2.22. The third-order valence-corrected chi connectivity index (χ3v) is 4.25. The molecule has 4 nitrogen and oxygen atoms in total. The van der Waals surface area contributed by atoms with Crippen LogP contribution in [0.2, 0.25) is 5.22 Å². The van der Waals surface area contributed by atoms with Gasteiger partial charge in [0, 0.05) is 11.1 Å². The molecular formula is C15H17BrClNO3. The van der Waals surface area contributed by atoms with Crippen molar-refractivity contribution < 1.29 is 13.9 Å². The standard InChI is InChI=1S/C15H17BrClNO3/c1-4-18-13(10-7-8-21-15(10)17)9-5-6-11(19-2)12(16)14(9)20-3/h5-8,13,18H,4H2,1-3H3. The Morgan fingerprint density at radius 2 is 2.00 bits per heavy atom. The first-order valence-corrected chi connectivity index (χ1v) is 7.67. The molecule has 0 amide bonds. The summed E-state index contributed by atoms with van der Waals surface area (Å²) in [5.74, 6) is 1.42. The summed E-state index contributed by atoms with van der Waals surface area (Å²) in [6, 6.07) is 5.57. The van der Waals surface area contributed by atoms with Crippen LogP contribution >= 0.6 is 27.5 Å². The lowest BCUT2D eigenvalue weighted by Gasteiger charge is -2.21. The fraction of sp³-hybridized carbons (Fsp3) is 0.333. The maximum absolute atomic E-state index is 6.13. The highest BCUT2D eigenvalue weighted by atomic mass is 79.9. The van der Waals surface area contributed by atoms with E-state index in [-0.39, 0.29) is 6.04 Å². The Balaban J connectivity index is 2.55. The first-order chi connectivity index (χ1) is 10.1. The number of furan rings is 1. The molecule has 21 heavy (non-hydrogen) atoms. The van der Waals surface area contributed by atoms with Gasteiger partial charge in [-0.05, 0) is 52.3 Å². The number of ether oxygens (including phenoxy) is 2. The molecule has 0 radical (unpaired) electrons. The van der Waals surface area contributed by atoms with Gasteiger partial charge >= 0.3 is 0 Å². The van der Waals surface area contributed by atoms with E-state index in [1.165, 1.54) is 0 Å². The molecule has 0 saturated carbocycles. The largest absolute Gasteiger partial charge is 0.495 e. The first-order valence-electron chi connectivity index (χ1n) is 6.50. The molecule has 1 heterocycles. The number of benzene rings is 1. The molecule has 1 aromatic heterocycles. The van der Waals surface area contributed by atoms with E-state index in [1.807, 2.05) is 25.1 Å². The molecule has 0 bridgehead atoms. The normalized spacial score (nSPS) is 12.2. The predicted molar refractivity (Wildman–Crippen MR) is 86.5 cm³/mol. The van der Waals surface area contributed by atoms with Gasteiger partial charge in [0.25, 0.3) is 0 Å². The van der Waals surface area contributed by atoms with Crippen LogP contribution in [-0.2, 0) is 0 Å². The second-order valence-corrected chi connectivity index (χ2v) is 5.48. The molecule has 0 spiro atoms. The Kier molecular flexibility index (Phi) is 5.56. The third-order valence-electron chi connectivity index (χ3n) is 3.19. The van der Waals surface area contributed by atoms with Crippen LogP contribution < -0.4 is 14.8 Å². The van der Waals surface area contributed by atoms with E-state index in [1.54, 1.807) is 20.5 Å². The van der Waals surface area contributed by atoms with Crippen LogP contribution in [-0.4, -0.2) is 20.8 Å². The van der Waals surface area contributed by atoms with E-state index in [4.69, 9.17) is 25.5 Å². The summed E-state index contributed by atoms with van der Waals surface area (Å²) in [5.41, 5.74) is 1.82. The van der Waals surface area contributed by atoms with E-state index in [0.29, 0.717) is 16.7 Å². The number of nitrogens with one attached hydrogen (secondary N) is 1. The van der Waals surface area contributed by atoms with Crippen molar-refractivity contribution in [2.45, 2.75) is 13.0 Å². The summed E-state index contributed by atoms with van der Waals surface area (Å²) in [6.07, 6.45) is 1.58. The zero-order chi connectivity index (χ0) is 15.4. The maximum atomic E-state index is 6.13. The average Bonchev–Trinajstić information content (AvgIpc) is 2.90. The van der Waals surface area contributed by atoms with Gasteiger partial charge in [0.1, 0.15) is 16.0 Å². The molecule has 1 atom stereocenters. The molecule has 1 aromatic carbocycles. The SMILES string of the molecule is CCNC(c1ccoc1Cl)c1ccc(OC)c(Br)c1OC. The van der Waals surface area contributed by atoms with Gasteiger partial charge in [0.05, 0.1) is 26.5 Å². The van der Waals surface area contributed by atoms with Gasteiger partial charge < -0.3 is 19.2 Å². The zero-order valence-corrected chi connectivity index (χ0v) is 14.4. The molecule has 1 unspecified atom stereocenters. The monoisotopic (exact) mass is 373 g/mol. The quantitative estimate of drug-likeness (QED) is 0.813. The summed E-state index contributed by atoms with van der Waals surface area (Å²) in [7, 11) is 3.25. The minimum atomic E-state index is -0.126. The van der Waals surface area contributed by atoms with Gasteiger partial charge in [-0.15, -0.1) is 0 Å². The van der Waals surface area contributed by atoms with Crippen molar-refractivity contribution >= 4 is 27.5 Å². The van der Waals surface area contributed by atoms with Crippen LogP contribution in [0.1, 0.15) is 24.1 Å². The fourth-order valence-electron chi connectivity index (χ4n) is 2.25. The molecule has 0 aliphatic rings. The summed E-state index contributed by atoms with van der Waals surface area (Å²) >= 11 is 9.65. The van der Waals surface area contributed by atoms with Crippen LogP contribution in [0.25, 0.3) is 0 Å². The molecule has 114 valence electrons. The molecule has 0 saturated heterocycles. The second-order valence-electron chi connectivity index (χ2n) is 4.34. The van der Waals surface area contributed by atoms with Gasteiger partial charge in [-0.2, -0.15) is 0 Å². The predicted octanol–water partition coefficient (Wildman–Crippen LogP) is 4.41. The summed E-state index contributed by atoms with van der Waals surface area (Å²) in [5, 5.41) is 3.77. The summed E-state index contributed by atoms with van der Waals surface area (Å²) < 4.78 is 16.8. The molecule has 1 N–H and O–H groups in total. The number of hydrogen-bond donors (Lipinski definition) is 1. The average molecular weight is 375 g/mol. The lowest BCUT2D eigenvalue weighted by atomic mass is 9.99. The first kappa shape index (κ1) is 16.2. The van der Waals surface area contributed by atoms with Crippen molar-refractivity contribution in [1.82, 2.24) is 5.32 Å². The smallest absolute Gasteiger partial charge is 0.198 e. The Morgan fingerprint density at radius 3 is 2.52 bits per heavy atom. The Morgan fingerprint density at radius 1 is 1.24 bits per heavy atom. The van der Waals surface area contributed by atoms with Crippen molar-refractivity contribution in [3.05, 3.63) is 45.3 Å². The summed E-state index contributed by atoms with van der Waals surface area (Å²) in [4.78, 5) is 0. The molecular weight excluding hydrogens is 358 g/mol. The van der Waals surface area contributed by atoms with Crippen LogP contribution in [0.3, 0.4) is 0 Å². The van der Waals surface area contributed by atoms with Crippen LogP contribution in [0.4, 0.5) is 0 Å². The van der Waals surface area contributed by atoms with Gasteiger partial charge in [-0.1, -0.05) is 6.92 Å². The minimum absolute atomic E-state index is 0.126. The van der Waals surface area contributed by atoms with Crippen LogP contribution in [0.15, 0.2) is 33.4 Å². The molecule has 0 fully saturated rings. The Labute approximate surface area is 137 Å². The molecule has 6 heteroatoms. The van der Waals surface area contributed by atoms with Gasteiger partial charge in [-0.3, -0.25) is 0 Å². The van der Waals surface area contributed by atoms with Crippen molar-refractivity contribution in [3.63, 3.8) is 0 Å². The highest BCUT2D eigenvalue weighted by molar-refractivity contribution is 9.10. The molecule has 0 aliphatic carbocycles. The van der Waals surface area contributed by atoms with Crippen LogP contribution in [0, 0.1) is 0 Å². The van der Waals surface area contributed by atoms with Crippen LogP contribution in [0.5, 0.6) is 11.5 Å². The molecule has 2 rings (SSSR count). The van der Waals surface area contributed by atoms with Crippen molar-refractivity contribution in [2.75, 3.05) is 20.8 Å². The second kappa shape index (κ2) is 7.20. The summed E-state index contributed by atoms with van der Waals surface area (Å²) in [6.45, 7) is 2.81. The molecule has 0 aliphatic heterocycles. The zero-order valence-electron chi connectivity index (χ0n) is 12.1. The molecule has 2 aromatic rings. The lowest BCUT2D eigenvalue weighted by molar-refractivity contribution is 0.382. The highest BCUT2D eigenvalue weighted by Crippen LogP contribution is 2.42. The van der Waals surface area contributed by atoms with E-state index < -0.39 is 0 Å². The van der Waals surface area contributed by atoms with Gasteiger partial charge in [-0.25, -0.2) is 0 Å². The van der Waals surface area contributed by atoms with E-state index in [9.17, 15) is 0 Å². The van der Waals surface area contributed by atoms with Crippen molar-refractivity contribution in [2.24, 2.45) is 0 Å². The fourth-order valence-corrected chi connectivity index (χ4v) is 3.16. The van der Waals surface area contributed by atoms with Crippen molar-refractivity contribution in [1.29, 1.82) is 0 Å². The highest BCUT2D eigenvalue weighted by Gasteiger charge is 2.24. The van der Waals surface area contributed by atoms with Crippen molar-refractivity contribution in [3.8, 4) is 11.5 Å². The number of halogens is 2.